The van der Waals surface area contributed by atoms with Crippen LogP contribution in [0, 0.1) is 12.3 Å². The van der Waals surface area contributed by atoms with E-state index in [-0.39, 0.29) is 6.10 Å². The van der Waals surface area contributed by atoms with Gasteiger partial charge in [0.25, 0.3) is 0 Å². The smallest absolute Gasteiger partial charge is 0.209 e. The van der Waals surface area contributed by atoms with Gasteiger partial charge in [0.15, 0.2) is 0 Å². The molecule has 0 spiro atoms. The average molecular weight is 139 g/mol. The van der Waals surface area contributed by atoms with Crippen LogP contribution in [0.5, 0.6) is 0 Å². The fraction of sp³-hybridized carbons (Fsp3) is 0.571. The summed E-state index contributed by atoms with van der Waals surface area (Å²) in [7, 11) is 0. The van der Waals surface area contributed by atoms with Gasteiger partial charge in [-0.25, -0.2) is 0 Å². The largest absolute Gasteiger partial charge is 0.362 e. The minimum atomic E-state index is 0.168. The van der Waals surface area contributed by atoms with Gasteiger partial charge in [-0.1, -0.05) is 5.92 Å². The van der Waals surface area contributed by atoms with E-state index in [1.54, 1.807) is 4.90 Å². The van der Waals surface area contributed by atoms with Crippen LogP contribution < -0.4 is 0 Å². The minimum Gasteiger partial charge on any atom is -0.362 e. The first-order valence-corrected chi connectivity index (χ1v) is 3.11. The molecule has 0 bridgehead atoms. The molecule has 10 heavy (non-hydrogen) atoms. The number of amides is 1. The van der Waals surface area contributed by atoms with Crippen molar-refractivity contribution in [3.63, 3.8) is 0 Å². The summed E-state index contributed by atoms with van der Waals surface area (Å²) in [6.45, 7) is 1.72. The van der Waals surface area contributed by atoms with Crippen molar-refractivity contribution in [3.8, 4) is 12.3 Å². The van der Waals surface area contributed by atoms with Gasteiger partial charge in [0, 0.05) is 13.1 Å². The van der Waals surface area contributed by atoms with E-state index < -0.39 is 0 Å². The van der Waals surface area contributed by atoms with Crippen molar-refractivity contribution in [2.24, 2.45) is 0 Å². The zero-order valence-corrected chi connectivity index (χ0v) is 5.62. The second-order valence-corrected chi connectivity index (χ2v) is 2.20. The van der Waals surface area contributed by atoms with Crippen molar-refractivity contribution in [1.82, 2.24) is 4.90 Å². The molecule has 1 rings (SSSR count). The molecule has 3 nitrogen and oxygen atoms in total. The van der Waals surface area contributed by atoms with Crippen molar-refractivity contribution in [2.45, 2.75) is 6.10 Å². The highest BCUT2D eigenvalue weighted by Gasteiger charge is 2.25. The predicted molar refractivity (Wildman–Crippen MR) is 36.2 cm³/mol. The molecule has 1 amide bonds. The number of rotatable bonds is 3. The zero-order chi connectivity index (χ0) is 7.40. The molecule has 0 aliphatic carbocycles. The minimum absolute atomic E-state index is 0.168. The maximum Gasteiger partial charge on any atom is 0.209 e. The first-order valence-electron chi connectivity index (χ1n) is 3.11. The Morgan fingerprint density at radius 2 is 2.50 bits per heavy atom. The number of ether oxygens (including phenoxy) is 1. The Labute approximate surface area is 60.0 Å². The normalized spacial score (nSPS) is 17.7. The lowest BCUT2D eigenvalue weighted by Gasteiger charge is -2.35. The van der Waals surface area contributed by atoms with Crippen LogP contribution in [-0.4, -0.2) is 37.1 Å². The van der Waals surface area contributed by atoms with Gasteiger partial charge in [0.05, 0.1) is 6.10 Å². The Hall–Kier alpha value is -1.01. The SMILES string of the molecule is C#CCOC1CN(C=O)C1. The molecule has 1 aliphatic rings. The van der Waals surface area contributed by atoms with E-state index in [0.717, 1.165) is 6.41 Å². The molecule has 1 saturated heterocycles. The molecule has 0 aromatic heterocycles. The third-order valence-corrected chi connectivity index (χ3v) is 1.43. The van der Waals surface area contributed by atoms with E-state index >= 15 is 0 Å². The van der Waals surface area contributed by atoms with E-state index in [4.69, 9.17) is 11.2 Å². The molecule has 0 unspecified atom stereocenters. The summed E-state index contributed by atoms with van der Waals surface area (Å²) in [5, 5.41) is 0. The van der Waals surface area contributed by atoms with Gasteiger partial charge in [-0.3, -0.25) is 4.79 Å². The van der Waals surface area contributed by atoms with Gasteiger partial charge < -0.3 is 9.64 Å². The molecule has 0 aromatic carbocycles. The van der Waals surface area contributed by atoms with E-state index in [9.17, 15) is 4.79 Å². The highest BCUT2D eigenvalue weighted by molar-refractivity contribution is 5.48. The number of carbonyl (C=O) groups is 1. The standard InChI is InChI=1S/C7H9NO2/c1-2-3-10-7-4-8(5-7)6-9/h1,6-7H,3-5H2. The summed E-state index contributed by atoms with van der Waals surface area (Å²) in [5.41, 5.74) is 0. The fourth-order valence-corrected chi connectivity index (χ4v) is 0.827. The Morgan fingerprint density at radius 1 is 1.80 bits per heavy atom. The average Bonchev–Trinajstić information content (AvgIpc) is 1.86. The molecule has 1 fully saturated rings. The Morgan fingerprint density at radius 3 is 3.00 bits per heavy atom. The first kappa shape index (κ1) is 7.10. The molecule has 54 valence electrons. The molecule has 0 saturated carbocycles. The second-order valence-electron chi connectivity index (χ2n) is 2.20. The van der Waals surface area contributed by atoms with Crippen LogP contribution in [0.3, 0.4) is 0 Å². The van der Waals surface area contributed by atoms with Crippen molar-refractivity contribution >= 4 is 6.41 Å². The molecule has 0 atom stereocenters. The van der Waals surface area contributed by atoms with Gasteiger partial charge >= 0.3 is 0 Å². The highest BCUT2D eigenvalue weighted by atomic mass is 16.5. The molecule has 3 heteroatoms. The van der Waals surface area contributed by atoms with Gasteiger partial charge in [-0.05, 0) is 0 Å². The summed E-state index contributed by atoms with van der Waals surface area (Å²) in [5.74, 6) is 2.37. The van der Waals surface area contributed by atoms with E-state index in [0.29, 0.717) is 19.7 Å². The lowest BCUT2D eigenvalue weighted by molar-refractivity contribution is -0.130. The lowest BCUT2D eigenvalue weighted by Crippen LogP contribution is -2.51. The summed E-state index contributed by atoms with van der Waals surface area (Å²) in [6.07, 6.45) is 5.95. The maximum atomic E-state index is 10.0. The number of terminal acetylenes is 1. The topological polar surface area (TPSA) is 29.5 Å². The number of likely N-dealkylation sites (tertiary alicyclic amines) is 1. The van der Waals surface area contributed by atoms with Crippen molar-refractivity contribution in [2.75, 3.05) is 19.7 Å². The molecule has 0 N–H and O–H groups in total. The quantitative estimate of drug-likeness (QED) is 0.389. The maximum absolute atomic E-state index is 10.0. The monoisotopic (exact) mass is 139 g/mol. The zero-order valence-electron chi connectivity index (χ0n) is 5.62. The van der Waals surface area contributed by atoms with Crippen LogP contribution in [-0.2, 0) is 9.53 Å². The predicted octanol–water partition coefficient (Wildman–Crippen LogP) is -0.523. The molecular formula is C7H9NO2. The van der Waals surface area contributed by atoms with E-state index in [2.05, 4.69) is 5.92 Å². The van der Waals surface area contributed by atoms with E-state index in [1.807, 2.05) is 0 Å². The van der Waals surface area contributed by atoms with Crippen LogP contribution in [0.25, 0.3) is 0 Å². The fourth-order valence-electron chi connectivity index (χ4n) is 0.827. The van der Waals surface area contributed by atoms with Crippen LogP contribution in [0.1, 0.15) is 0 Å². The Kier molecular flexibility index (Phi) is 2.30. The number of hydrogen-bond donors (Lipinski definition) is 0. The number of nitrogens with zero attached hydrogens (tertiary/aromatic N) is 1. The van der Waals surface area contributed by atoms with Gasteiger partial charge in [-0.15, -0.1) is 6.42 Å². The molecule has 1 heterocycles. The highest BCUT2D eigenvalue weighted by Crippen LogP contribution is 2.07. The third kappa shape index (κ3) is 1.49. The van der Waals surface area contributed by atoms with Crippen molar-refractivity contribution < 1.29 is 9.53 Å². The summed E-state index contributed by atoms with van der Waals surface area (Å²) >= 11 is 0. The van der Waals surface area contributed by atoms with Crippen LogP contribution in [0.2, 0.25) is 0 Å². The lowest BCUT2D eigenvalue weighted by atomic mass is 10.2. The van der Waals surface area contributed by atoms with Crippen molar-refractivity contribution in [3.05, 3.63) is 0 Å². The van der Waals surface area contributed by atoms with Crippen LogP contribution >= 0.6 is 0 Å². The van der Waals surface area contributed by atoms with Crippen LogP contribution in [0.4, 0.5) is 0 Å². The molecule has 1 aliphatic heterocycles. The summed E-state index contributed by atoms with van der Waals surface area (Å²) < 4.78 is 5.12. The summed E-state index contributed by atoms with van der Waals surface area (Å²) in [6, 6.07) is 0. The molecular weight excluding hydrogens is 130 g/mol. The molecule has 0 radical (unpaired) electrons. The second kappa shape index (κ2) is 3.23. The van der Waals surface area contributed by atoms with Gasteiger partial charge in [0.1, 0.15) is 6.61 Å². The Bertz CT molecular complexity index is 155. The summed E-state index contributed by atoms with van der Waals surface area (Å²) in [4.78, 5) is 11.7. The number of hydrogen-bond acceptors (Lipinski definition) is 2. The van der Waals surface area contributed by atoms with Gasteiger partial charge in [-0.2, -0.15) is 0 Å². The third-order valence-electron chi connectivity index (χ3n) is 1.43. The van der Waals surface area contributed by atoms with Crippen LogP contribution in [0.15, 0.2) is 0 Å². The first-order chi connectivity index (χ1) is 4.86. The number of carbonyl (C=O) groups excluding carboxylic acids is 1. The Balaban J connectivity index is 2.04. The molecule has 0 aromatic rings. The van der Waals surface area contributed by atoms with Crippen molar-refractivity contribution in [1.29, 1.82) is 0 Å². The van der Waals surface area contributed by atoms with Gasteiger partial charge in [0.2, 0.25) is 6.41 Å². The van der Waals surface area contributed by atoms with E-state index in [1.165, 1.54) is 0 Å².